The zero-order valence-electron chi connectivity index (χ0n) is 4.52. The lowest BCUT2D eigenvalue weighted by Crippen LogP contribution is -1.69. The number of rotatable bonds is 1. The van der Waals surface area contributed by atoms with E-state index in [2.05, 4.69) is 32.2 Å². The lowest BCUT2D eigenvalue weighted by molar-refractivity contribution is 1.16. The fraction of sp³-hybridized carbons (Fsp3) is 0.333. The Hall–Kier alpha value is -0.455. The van der Waals surface area contributed by atoms with Gasteiger partial charge in [0.15, 0.2) is 7.28 Å². The van der Waals surface area contributed by atoms with Crippen LogP contribution in [-0.4, -0.2) is 7.28 Å². The maximum absolute atomic E-state index is 2.16. The SMILES string of the molecule is CCC1=C[B]C=C1. The Labute approximate surface area is 45.2 Å². The second-order valence-corrected chi connectivity index (χ2v) is 1.65. The van der Waals surface area contributed by atoms with Crippen molar-refractivity contribution in [2.45, 2.75) is 13.3 Å². The number of allylic oxidation sites excluding steroid dienone is 2. The van der Waals surface area contributed by atoms with Crippen LogP contribution in [0.15, 0.2) is 23.6 Å². The van der Waals surface area contributed by atoms with Crippen molar-refractivity contribution >= 4 is 7.28 Å². The lowest BCUT2D eigenvalue weighted by Gasteiger charge is -1.85. The lowest BCUT2D eigenvalue weighted by atomic mass is 9.82. The third-order valence-corrected chi connectivity index (χ3v) is 1.14. The van der Waals surface area contributed by atoms with E-state index in [0.717, 1.165) is 6.42 Å². The average Bonchev–Trinajstić information content (AvgIpc) is 2.14. The molecule has 0 bridgehead atoms. The molecule has 1 heteroatoms. The molecule has 35 valence electrons. The van der Waals surface area contributed by atoms with Gasteiger partial charge in [-0.3, -0.25) is 0 Å². The molecule has 0 amide bonds. The highest BCUT2D eigenvalue weighted by Gasteiger charge is 1.91. The minimum Gasteiger partial charge on any atom is -0.117 e. The zero-order chi connectivity index (χ0) is 5.11. The second kappa shape index (κ2) is 2.01. The molecular formula is C6H8B. The average molecular weight is 90.9 g/mol. The Balaban J connectivity index is 2.52. The van der Waals surface area contributed by atoms with Crippen molar-refractivity contribution in [3.8, 4) is 0 Å². The van der Waals surface area contributed by atoms with Crippen molar-refractivity contribution in [3.63, 3.8) is 0 Å². The van der Waals surface area contributed by atoms with E-state index in [9.17, 15) is 0 Å². The number of hydrogen-bond acceptors (Lipinski definition) is 0. The molecule has 0 aromatic heterocycles. The highest BCUT2D eigenvalue weighted by Crippen LogP contribution is 2.05. The summed E-state index contributed by atoms with van der Waals surface area (Å²) in [4.78, 5) is 0. The molecule has 0 aromatic carbocycles. The molecule has 0 saturated carbocycles. The molecule has 1 heterocycles. The van der Waals surface area contributed by atoms with Crippen molar-refractivity contribution in [2.75, 3.05) is 0 Å². The van der Waals surface area contributed by atoms with Crippen molar-refractivity contribution in [1.29, 1.82) is 0 Å². The third-order valence-electron chi connectivity index (χ3n) is 1.14. The maximum Gasteiger partial charge on any atom is 0.171 e. The molecule has 0 saturated heterocycles. The summed E-state index contributed by atoms with van der Waals surface area (Å²) in [5, 5.41) is 0. The molecule has 7 heavy (non-hydrogen) atoms. The van der Waals surface area contributed by atoms with Gasteiger partial charge in [-0.2, -0.15) is 0 Å². The Morgan fingerprint density at radius 1 is 1.71 bits per heavy atom. The zero-order valence-corrected chi connectivity index (χ0v) is 4.52. The van der Waals surface area contributed by atoms with Crippen LogP contribution in [0.4, 0.5) is 0 Å². The molecular weight excluding hydrogens is 82.9 g/mol. The molecule has 0 N–H and O–H groups in total. The molecule has 1 aliphatic heterocycles. The molecule has 0 atom stereocenters. The number of hydrogen-bond donors (Lipinski definition) is 0. The first-order valence-corrected chi connectivity index (χ1v) is 2.64. The smallest absolute Gasteiger partial charge is 0.117 e. The standard InChI is InChI=1S/C6H8B/c1-2-6-3-4-7-5-6/h3-5H,2H2,1H3. The highest BCUT2D eigenvalue weighted by atomic mass is 13.9. The van der Waals surface area contributed by atoms with Gasteiger partial charge in [-0.05, 0) is 6.42 Å². The van der Waals surface area contributed by atoms with Crippen LogP contribution in [0.25, 0.3) is 0 Å². The summed E-state index contributed by atoms with van der Waals surface area (Å²) in [6.07, 6.45) is 3.30. The van der Waals surface area contributed by atoms with Crippen LogP contribution < -0.4 is 0 Å². The first-order chi connectivity index (χ1) is 3.43. The molecule has 0 aliphatic carbocycles. The van der Waals surface area contributed by atoms with E-state index >= 15 is 0 Å². The van der Waals surface area contributed by atoms with E-state index in [1.165, 1.54) is 5.57 Å². The van der Waals surface area contributed by atoms with Crippen LogP contribution >= 0.6 is 0 Å². The fourth-order valence-corrected chi connectivity index (χ4v) is 0.650. The summed E-state index contributed by atoms with van der Waals surface area (Å²) in [5.41, 5.74) is 1.43. The van der Waals surface area contributed by atoms with Gasteiger partial charge in [0, 0.05) is 0 Å². The summed E-state index contributed by atoms with van der Waals surface area (Å²) < 4.78 is 0. The van der Waals surface area contributed by atoms with Gasteiger partial charge in [0.25, 0.3) is 0 Å². The largest absolute Gasteiger partial charge is 0.171 e. The van der Waals surface area contributed by atoms with Gasteiger partial charge in [-0.25, -0.2) is 0 Å². The van der Waals surface area contributed by atoms with Gasteiger partial charge in [0.05, 0.1) is 0 Å². The predicted molar refractivity (Wildman–Crippen MR) is 33.3 cm³/mol. The monoisotopic (exact) mass is 91.1 g/mol. The van der Waals surface area contributed by atoms with Crippen molar-refractivity contribution < 1.29 is 0 Å². The fourth-order valence-electron chi connectivity index (χ4n) is 0.650. The van der Waals surface area contributed by atoms with E-state index < -0.39 is 0 Å². The van der Waals surface area contributed by atoms with Crippen molar-refractivity contribution in [3.05, 3.63) is 23.6 Å². The van der Waals surface area contributed by atoms with E-state index in [4.69, 9.17) is 0 Å². The minimum absolute atomic E-state index is 1.16. The van der Waals surface area contributed by atoms with Crippen molar-refractivity contribution in [1.82, 2.24) is 0 Å². The normalized spacial score (nSPS) is 16.4. The van der Waals surface area contributed by atoms with Crippen LogP contribution in [0.3, 0.4) is 0 Å². The molecule has 0 fully saturated rings. The Bertz CT molecular complexity index is 111. The second-order valence-electron chi connectivity index (χ2n) is 1.65. The molecule has 0 unspecified atom stereocenters. The van der Waals surface area contributed by atoms with Crippen LogP contribution in [-0.2, 0) is 0 Å². The van der Waals surface area contributed by atoms with E-state index in [0.29, 0.717) is 0 Å². The maximum atomic E-state index is 2.16. The van der Waals surface area contributed by atoms with Crippen LogP contribution in [0, 0.1) is 0 Å². The first kappa shape index (κ1) is 4.70. The van der Waals surface area contributed by atoms with Gasteiger partial charge in [0.1, 0.15) is 0 Å². The summed E-state index contributed by atoms with van der Waals surface area (Å²) in [7, 11) is 2.07. The third kappa shape index (κ3) is 0.954. The van der Waals surface area contributed by atoms with Gasteiger partial charge >= 0.3 is 0 Å². The highest BCUT2D eigenvalue weighted by molar-refractivity contribution is 6.49. The predicted octanol–water partition coefficient (Wildman–Crippen LogP) is 1.51. The van der Waals surface area contributed by atoms with Gasteiger partial charge in [0.2, 0.25) is 0 Å². The Morgan fingerprint density at radius 2 is 2.57 bits per heavy atom. The summed E-state index contributed by atoms with van der Waals surface area (Å²) in [5.74, 6) is 4.21. The van der Waals surface area contributed by atoms with Crippen LogP contribution in [0.5, 0.6) is 0 Å². The van der Waals surface area contributed by atoms with Crippen LogP contribution in [0.2, 0.25) is 0 Å². The first-order valence-electron chi connectivity index (χ1n) is 2.64. The Kier molecular flexibility index (Phi) is 1.35. The van der Waals surface area contributed by atoms with E-state index in [1.807, 2.05) is 0 Å². The topological polar surface area (TPSA) is 0 Å². The molecule has 0 aromatic rings. The van der Waals surface area contributed by atoms with Gasteiger partial charge < -0.3 is 0 Å². The van der Waals surface area contributed by atoms with E-state index in [1.54, 1.807) is 0 Å². The van der Waals surface area contributed by atoms with E-state index in [-0.39, 0.29) is 0 Å². The van der Waals surface area contributed by atoms with Crippen molar-refractivity contribution in [2.24, 2.45) is 0 Å². The summed E-state index contributed by atoms with van der Waals surface area (Å²) in [6, 6.07) is 0. The van der Waals surface area contributed by atoms with Crippen LogP contribution in [0.1, 0.15) is 13.3 Å². The summed E-state index contributed by atoms with van der Waals surface area (Å²) >= 11 is 0. The summed E-state index contributed by atoms with van der Waals surface area (Å²) in [6.45, 7) is 2.16. The Morgan fingerprint density at radius 3 is 2.86 bits per heavy atom. The molecule has 1 radical (unpaired) electrons. The molecule has 0 spiro atoms. The molecule has 0 nitrogen and oxygen atoms in total. The molecule has 1 aliphatic rings. The van der Waals surface area contributed by atoms with Gasteiger partial charge in [-0.1, -0.05) is 18.6 Å². The quantitative estimate of drug-likeness (QED) is 0.429. The molecule has 1 rings (SSSR count). The minimum atomic E-state index is 1.16. The van der Waals surface area contributed by atoms with Gasteiger partial charge in [-0.15, -0.1) is 12.0 Å².